The van der Waals surface area contributed by atoms with Crippen molar-refractivity contribution in [1.82, 2.24) is 8.61 Å². The molecule has 0 spiro atoms. The van der Waals surface area contributed by atoms with Crippen molar-refractivity contribution in [1.29, 1.82) is 0 Å². The van der Waals surface area contributed by atoms with Crippen molar-refractivity contribution in [2.45, 2.75) is 26.3 Å². The number of hydrogen-bond donors (Lipinski definition) is 0. The first-order valence-corrected chi connectivity index (χ1v) is 7.63. The van der Waals surface area contributed by atoms with E-state index < -0.39 is 10.2 Å². The monoisotopic (exact) mass is 272 g/mol. The third-order valence-corrected chi connectivity index (χ3v) is 5.36. The van der Waals surface area contributed by atoms with E-state index in [9.17, 15) is 8.42 Å². The van der Waals surface area contributed by atoms with Crippen LogP contribution in [0.1, 0.15) is 25.5 Å². The maximum atomic E-state index is 12.3. The first kappa shape index (κ1) is 13.6. The number of piperidine rings is 1. The van der Waals surface area contributed by atoms with E-state index in [0.29, 0.717) is 24.8 Å². The normalized spacial score (nSPS) is 19.5. The lowest BCUT2D eigenvalue weighted by atomic mass is 10.0. The summed E-state index contributed by atoms with van der Waals surface area (Å²) in [5, 5.41) is 0. The second kappa shape index (κ2) is 5.42. The minimum absolute atomic E-state index is 0.279. The van der Waals surface area contributed by atoms with Gasteiger partial charge in [0.2, 0.25) is 0 Å². The first-order valence-electron chi connectivity index (χ1n) is 6.24. The van der Waals surface area contributed by atoms with Gasteiger partial charge in [-0.05, 0) is 30.9 Å². The molecule has 102 valence electrons. The fraction of sp³-hybridized carbons (Fsp3) is 0.667. The van der Waals surface area contributed by atoms with Crippen LogP contribution < -0.4 is 0 Å². The Balaban J connectivity index is 2.01. The lowest BCUT2D eigenvalue weighted by molar-refractivity contribution is 0.266. The third kappa shape index (κ3) is 2.93. The van der Waals surface area contributed by atoms with Crippen molar-refractivity contribution in [2.24, 2.45) is 5.92 Å². The number of rotatable bonds is 4. The zero-order valence-corrected chi connectivity index (χ0v) is 11.7. The summed E-state index contributed by atoms with van der Waals surface area (Å²) in [6, 6.07) is 3.54. The molecule has 1 aliphatic heterocycles. The standard InChI is InChI=1S/C12H20N2O3S/c1-11-5-7-14(8-6-11)18(15,16)13(2)10-12-4-3-9-17-12/h3-4,9,11H,5-8,10H2,1-2H3. The van der Waals surface area contributed by atoms with Gasteiger partial charge in [0.1, 0.15) is 5.76 Å². The summed E-state index contributed by atoms with van der Waals surface area (Å²) in [4.78, 5) is 0. The first-order chi connectivity index (χ1) is 8.50. The average Bonchev–Trinajstić information content (AvgIpc) is 2.82. The molecular formula is C12H20N2O3S. The van der Waals surface area contributed by atoms with Gasteiger partial charge in [-0.25, -0.2) is 0 Å². The Kier molecular flexibility index (Phi) is 4.09. The van der Waals surface area contributed by atoms with Crippen LogP contribution in [0.4, 0.5) is 0 Å². The molecule has 1 saturated heterocycles. The lowest BCUT2D eigenvalue weighted by Gasteiger charge is -2.32. The second-order valence-electron chi connectivity index (χ2n) is 4.92. The maximum Gasteiger partial charge on any atom is 0.282 e. The van der Waals surface area contributed by atoms with Gasteiger partial charge in [-0.15, -0.1) is 0 Å². The minimum Gasteiger partial charge on any atom is -0.468 e. The molecule has 1 fully saturated rings. The van der Waals surface area contributed by atoms with Crippen LogP contribution >= 0.6 is 0 Å². The molecular weight excluding hydrogens is 252 g/mol. The van der Waals surface area contributed by atoms with E-state index in [2.05, 4.69) is 6.92 Å². The van der Waals surface area contributed by atoms with Crippen molar-refractivity contribution in [3.8, 4) is 0 Å². The van der Waals surface area contributed by atoms with Crippen LogP contribution in [0.3, 0.4) is 0 Å². The van der Waals surface area contributed by atoms with Gasteiger partial charge >= 0.3 is 0 Å². The molecule has 2 rings (SSSR count). The topological polar surface area (TPSA) is 53.8 Å². The zero-order chi connectivity index (χ0) is 13.2. The van der Waals surface area contributed by atoms with E-state index in [1.807, 2.05) is 0 Å². The minimum atomic E-state index is -3.35. The van der Waals surface area contributed by atoms with Crippen LogP contribution in [0.15, 0.2) is 22.8 Å². The smallest absolute Gasteiger partial charge is 0.282 e. The number of hydrogen-bond acceptors (Lipinski definition) is 3. The molecule has 0 amide bonds. The van der Waals surface area contributed by atoms with E-state index in [1.54, 1.807) is 29.7 Å². The van der Waals surface area contributed by atoms with Crippen molar-refractivity contribution in [3.63, 3.8) is 0 Å². The third-order valence-electron chi connectivity index (χ3n) is 3.42. The molecule has 2 heterocycles. The zero-order valence-electron chi connectivity index (χ0n) is 10.9. The predicted molar refractivity (Wildman–Crippen MR) is 69.1 cm³/mol. The Hall–Kier alpha value is -0.850. The summed E-state index contributed by atoms with van der Waals surface area (Å²) in [6.45, 7) is 3.68. The van der Waals surface area contributed by atoms with Gasteiger partial charge in [-0.3, -0.25) is 0 Å². The summed E-state index contributed by atoms with van der Waals surface area (Å²) >= 11 is 0. The van der Waals surface area contributed by atoms with Gasteiger partial charge in [0, 0.05) is 20.1 Å². The fourth-order valence-electron chi connectivity index (χ4n) is 2.12. The summed E-state index contributed by atoms with van der Waals surface area (Å²) in [6.07, 6.45) is 3.43. The van der Waals surface area contributed by atoms with Gasteiger partial charge in [0.05, 0.1) is 12.8 Å². The molecule has 6 heteroatoms. The highest BCUT2D eigenvalue weighted by molar-refractivity contribution is 7.86. The molecule has 1 aromatic rings. The quantitative estimate of drug-likeness (QED) is 0.838. The Morgan fingerprint density at radius 3 is 2.67 bits per heavy atom. The van der Waals surface area contributed by atoms with E-state index in [0.717, 1.165) is 12.8 Å². The van der Waals surface area contributed by atoms with E-state index in [4.69, 9.17) is 4.42 Å². The van der Waals surface area contributed by atoms with Crippen molar-refractivity contribution >= 4 is 10.2 Å². The van der Waals surface area contributed by atoms with Crippen LogP contribution in [0.25, 0.3) is 0 Å². The van der Waals surface area contributed by atoms with E-state index in [-0.39, 0.29) is 6.54 Å². The van der Waals surface area contributed by atoms with Crippen molar-refractivity contribution in [3.05, 3.63) is 24.2 Å². The van der Waals surface area contributed by atoms with Crippen LogP contribution in [-0.2, 0) is 16.8 Å². The predicted octanol–water partition coefficient (Wildman–Crippen LogP) is 1.69. The highest BCUT2D eigenvalue weighted by Gasteiger charge is 2.30. The lowest BCUT2D eigenvalue weighted by Crippen LogP contribution is -2.45. The second-order valence-corrected chi connectivity index (χ2v) is 6.96. The van der Waals surface area contributed by atoms with Gasteiger partial charge in [-0.2, -0.15) is 17.0 Å². The van der Waals surface area contributed by atoms with Crippen molar-refractivity contribution < 1.29 is 12.8 Å². The molecule has 0 aliphatic carbocycles. The molecule has 1 aliphatic rings. The van der Waals surface area contributed by atoms with Crippen LogP contribution in [-0.4, -0.2) is 37.2 Å². The van der Waals surface area contributed by atoms with E-state index >= 15 is 0 Å². The molecule has 18 heavy (non-hydrogen) atoms. The Morgan fingerprint density at radius 2 is 2.11 bits per heavy atom. The van der Waals surface area contributed by atoms with Gasteiger partial charge < -0.3 is 4.42 Å². The molecule has 0 N–H and O–H groups in total. The summed E-state index contributed by atoms with van der Waals surface area (Å²) in [7, 11) is -1.76. The summed E-state index contributed by atoms with van der Waals surface area (Å²) < 4.78 is 32.8. The molecule has 0 saturated carbocycles. The Morgan fingerprint density at radius 1 is 1.44 bits per heavy atom. The average molecular weight is 272 g/mol. The SMILES string of the molecule is CC1CCN(S(=O)(=O)N(C)Cc2ccco2)CC1. The van der Waals surface area contributed by atoms with Crippen LogP contribution in [0, 0.1) is 5.92 Å². The molecule has 1 aromatic heterocycles. The molecule has 0 atom stereocenters. The highest BCUT2D eigenvalue weighted by atomic mass is 32.2. The molecule has 5 nitrogen and oxygen atoms in total. The molecule has 0 radical (unpaired) electrons. The molecule has 0 aromatic carbocycles. The maximum absolute atomic E-state index is 12.3. The highest BCUT2D eigenvalue weighted by Crippen LogP contribution is 2.21. The Labute approximate surface area is 109 Å². The molecule has 0 unspecified atom stereocenters. The summed E-state index contributed by atoms with van der Waals surface area (Å²) in [5.74, 6) is 1.28. The molecule has 0 bridgehead atoms. The number of furan rings is 1. The number of nitrogens with zero attached hydrogens (tertiary/aromatic N) is 2. The van der Waals surface area contributed by atoms with Crippen molar-refractivity contribution in [2.75, 3.05) is 20.1 Å². The van der Waals surface area contributed by atoms with Gasteiger partial charge in [0.25, 0.3) is 10.2 Å². The Bertz CT molecular complexity index is 462. The van der Waals surface area contributed by atoms with Gasteiger partial charge in [0.15, 0.2) is 0 Å². The largest absolute Gasteiger partial charge is 0.468 e. The van der Waals surface area contributed by atoms with Crippen LogP contribution in [0.5, 0.6) is 0 Å². The van der Waals surface area contributed by atoms with Gasteiger partial charge in [-0.1, -0.05) is 6.92 Å². The van der Waals surface area contributed by atoms with E-state index in [1.165, 1.54) is 4.31 Å². The van der Waals surface area contributed by atoms with Crippen LogP contribution in [0.2, 0.25) is 0 Å². The fourth-order valence-corrected chi connectivity index (χ4v) is 3.47. The summed E-state index contributed by atoms with van der Waals surface area (Å²) in [5.41, 5.74) is 0.